The minimum absolute atomic E-state index is 0.0641. The van der Waals surface area contributed by atoms with Crippen molar-refractivity contribution in [1.82, 2.24) is 10.2 Å². The highest BCUT2D eigenvalue weighted by atomic mass is 32.1. The SMILES string of the molecule is CC(N)CCNC(=O)CCC(=O)N1CCc2sccc2C1. The summed E-state index contributed by atoms with van der Waals surface area (Å²) in [7, 11) is 0. The summed E-state index contributed by atoms with van der Waals surface area (Å²) in [4.78, 5) is 27.0. The molecule has 0 bridgehead atoms. The first kappa shape index (κ1) is 16.0. The molecule has 0 aliphatic carbocycles. The average molecular weight is 309 g/mol. The maximum Gasteiger partial charge on any atom is 0.223 e. The summed E-state index contributed by atoms with van der Waals surface area (Å²) in [6.07, 6.45) is 2.22. The molecule has 116 valence electrons. The van der Waals surface area contributed by atoms with Gasteiger partial charge in [-0.05, 0) is 36.8 Å². The van der Waals surface area contributed by atoms with Crippen molar-refractivity contribution in [3.05, 3.63) is 21.9 Å². The third-order valence-corrected chi connectivity index (χ3v) is 4.67. The predicted octanol–water partition coefficient (Wildman–Crippen LogP) is 1.27. The topological polar surface area (TPSA) is 75.4 Å². The molecular formula is C15H23N3O2S. The van der Waals surface area contributed by atoms with E-state index < -0.39 is 0 Å². The Morgan fingerprint density at radius 1 is 1.48 bits per heavy atom. The second-order valence-corrected chi connectivity index (χ2v) is 6.55. The molecule has 5 nitrogen and oxygen atoms in total. The van der Waals surface area contributed by atoms with E-state index in [1.807, 2.05) is 11.8 Å². The number of thiophene rings is 1. The van der Waals surface area contributed by atoms with Gasteiger partial charge in [-0.25, -0.2) is 0 Å². The fraction of sp³-hybridized carbons (Fsp3) is 0.600. The van der Waals surface area contributed by atoms with Crippen LogP contribution in [0.5, 0.6) is 0 Å². The van der Waals surface area contributed by atoms with Crippen LogP contribution in [0.25, 0.3) is 0 Å². The molecular weight excluding hydrogens is 286 g/mol. The lowest BCUT2D eigenvalue weighted by atomic mass is 10.1. The summed E-state index contributed by atoms with van der Waals surface area (Å²) < 4.78 is 0. The zero-order valence-electron chi connectivity index (χ0n) is 12.4. The predicted molar refractivity (Wildman–Crippen MR) is 84.0 cm³/mol. The summed E-state index contributed by atoms with van der Waals surface area (Å²) >= 11 is 1.76. The monoisotopic (exact) mass is 309 g/mol. The Hall–Kier alpha value is -1.40. The van der Waals surface area contributed by atoms with Gasteiger partial charge in [-0.3, -0.25) is 9.59 Å². The van der Waals surface area contributed by atoms with Gasteiger partial charge in [-0.2, -0.15) is 0 Å². The van der Waals surface area contributed by atoms with Gasteiger partial charge >= 0.3 is 0 Å². The van der Waals surface area contributed by atoms with E-state index in [-0.39, 0.29) is 30.7 Å². The molecule has 2 amide bonds. The molecule has 1 unspecified atom stereocenters. The molecule has 1 atom stereocenters. The highest BCUT2D eigenvalue weighted by molar-refractivity contribution is 7.10. The first-order valence-corrected chi connectivity index (χ1v) is 8.29. The van der Waals surface area contributed by atoms with Crippen LogP contribution in [0.1, 0.15) is 36.6 Å². The fourth-order valence-corrected chi connectivity index (χ4v) is 3.26. The summed E-state index contributed by atoms with van der Waals surface area (Å²) in [5.41, 5.74) is 6.87. The van der Waals surface area contributed by atoms with Crippen LogP contribution in [0, 0.1) is 0 Å². The van der Waals surface area contributed by atoms with Gasteiger partial charge in [-0.1, -0.05) is 0 Å². The Morgan fingerprint density at radius 3 is 3.05 bits per heavy atom. The van der Waals surface area contributed by atoms with Crippen LogP contribution in [0.2, 0.25) is 0 Å². The van der Waals surface area contributed by atoms with Gasteiger partial charge in [0.2, 0.25) is 11.8 Å². The molecule has 6 heteroatoms. The van der Waals surface area contributed by atoms with Gasteiger partial charge in [0.25, 0.3) is 0 Å². The molecule has 1 aromatic rings. The molecule has 1 aromatic heterocycles. The number of hydrogen-bond acceptors (Lipinski definition) is 4. The van der Waals surface area contributed by atoms with Crippen molar-refractivity contribution in [2.75, 3.05) is 13.1 Å². The fourth-order valence-electron chi connectivity index (χ4n) is 2.37. The van der Waals surface area contributed by atoms with Crippen LogP contribution < -0.4 is 11.1 Å². The molecule has 2 heterocycles. The van der Waals surface area contributed by atoms with E-state index in [9.17, 15) is 9.59 Å². The number of nitrogens with two attached hydrogens (primary N) is 1. The van der Waals surface area contributed by atoms with Crippen molar-refractivity contribution in [2.45, 2.75) is 45.2 Å². The number of rotatable bonds is 6. The van der Waals surface area contributed by atoms with Crippen molar-refractivity contribution in [2.24, 2.45) is 5.73 Å². The average Bonchev–Trinajstić information content (AvgIpc) is 2.91. The van der Waals surface area contributed by atoms with Crippen LogP contribution in [0.4, 0.5) is 0 Å². The zero-order chi connectivity index (χ0) is 15.2. The van der Waals surface area contributed by atoms with Gasteiger partial charge in [0, 0.05) is 43.4 Å². The normalized spacial score (nSPS) is 15.4. The molecule has 0 radical (unpaired) electrons. The lowest BCUT2D eigenvalue weighted by Crippen LogP contribution is -2.36. The molecule has 0 spiro atoms. The van der Waals surface area contributed by atoms with Crippen molar-refractivity contribution in [3.63, 3.8) is 0 Å². The van der Waals surface area contributed by atoms with E-state index >= 15 is 0 Å². The van der Waals surface area contributed by atoms with Crippen molar-refractivity contribution in [1.29, 1.82) is 0 Å². The number of nitrogens with zero attached hydrogens (tertiary/aromatic N) is 1. The second-order valence-electron chi connectivity index (χ2n) is 5.55. The number of carbonyl (C=O) groups is 2. The molecule has 21 heavy (non-hydrogen) atoms. The van der Waals surface area contributed by atoms with Crippen LogP contribution in [0.3, 0.4) is 0 Å². The Labute approximate surface area is 129 Å². The highest BCUT2D eigenvalue weighted by Gasteiger charge is 2.21. The lowest BCUT2D eigenvalue weighted by Gasteiger charge is -2.27. The number of carbonyl (C=O) groups excluding carboxylic acids is 2. The third kappa shape index (κ3) is 4.82. The second kappa shape index (κ2) is 7.56. The van der Waals surface area contributed by atoms with E-state index in [0.717, 1.165) is 19.4 Å². The molecule has 1 aliphatic rings. The van der Waals surface area contributed by atoms with E-state index in [2.05, 4.69) is 16.8 Å². The van der Waals surface area contributed by atoms with Gasteiger partial charge in [0.1, 0.15) is 0 Å². The van der Waals surface area contributed by atoms with Gasteiger partial charge in [0.15, 0.2) is 0 Å². The standard InChI is InChI=1S/C15H23N3O2S/c1-11(16)4-7-17-14(19)2-3-15(20)18-8-5-13-12(10-18)6-9-21-13/h6,9,11H,2-5,7-8,10,16H2,1H3,(H,17,19). The van der Waals surface area contributed by atoms with Crippen LogP contribution in [-0.4, -0.2) is 35.8 Å². The lowest BCUT2D eigenvalue weighted by molar-refractivity contribution is -0.134. The Morgan fingerprint density at radius 2 is 2.29 bits per heavy atom. The summed E-state index contributed by atoms with van der Waals surface area (Å²) in [5.74, 6) is -0.00794. The van der Waals surface area contributed by atoms with Crippen LogP contribution >= 0.6 is 11.3 Å². The van der Waals surface area contributed by atoms with E-state index in [1.165, 1.54) is 10.4 Å². The first-order chi connectivity index (χ1) is 10.1. The van der Waals surface area contributed by atoms with Crippen molar-refractivity contribution < 1.29 is 9.59 Å². The molecule has 3 N–H and O–H groups in total. The van der Waals surface area contributed by atoms with Crippen LogP contribution in [-0.2, 0) is 22.6 Å². The van der Waals surface area contributed by atoms with Crippen LogP contribution in [0.15, 0.2) is 11.4 Å². The highest BCUT2D eigenvalue weighted by Crippen LogP contribution is 2.24. The Bertz CT molecular complexity index is 499. The molecule has 0 saturated carbocycles. The number of amides is 2. The van der Waals surface area contributed by atoms with Gasteiger partial charge in [0.05, 0.1) is 0 Å². The molecule has 2 rings (SSSR count). The van der Waals surface area contributed by atoms with Gasteiger partial charge in [-0.15, -0.1) is 11.3 Å². The number of fused-ring (bicyclic) bond motifs is 1. The number of hydrogen-bond donors (Lipinski definition) is 2. The minimum atomic E-state index is -0.0720. The maximum absolute atomic E-state index is 12.1. The third-order valence-electron chi connectivity index (χ3n) is 3.65. The van der Waals surface area contributed by atoms with E-state index in [1.54, 1.807) is 11.3 Å². The van der Waals surface area contributed by atoms with Gasteiger partial charge < -0.3 is 16.0 Å². The zero-order valence-corrected chi connectivity index (χ0v) is 13.2. The molecule has 0 fully saturated rings. The summed E-state index contributed by atoms with van der Waals surface area (Å²) in [6.45, 7) is 3.93. The van der Waals surface area contributed by atoms with Crippen molar-refractivity contribution >= 4 is 23.2 Å². The Balaban J connectivity index is 1.69. The quantitative estimate of drug-likeness (QED) is 0.831. The first-order valence-electron chi connectivity index (χ1n) is 7.41. The summed E-state index contributed by atoms with van der Waals surface area (Å²) in [5, 5.41) is 4.87. The van der Waals surface area contributed by atoms with E-state index in [4.69, 9.17) is 5.73 Å². The molecule has 0 saturated heterocycles. The maximum atomic E-state index is 12.1. The van der Waals surface area contributed by atoms with Crippen molar-refractivity contribution in [3.8, 4) is 0 Å². The summed E-state index contributed by atoms with van der Waals surface area (Å²) in [6, 6.07) is 2.17. The number of nitrogens with one attached hydrogen (secondary N) is 1. The smallest absolute Gasteiger partial charge is 0.223 e. The largest absolute Gasteiger partial charge is 0.356 e. The molecule has 0 aromatic carbocycles. The Kier molecular flexibility index (Phi) is 5.76. The molecule has 1 aliphatic heterocycles. The minimum Gasteiger partial charge on any atom is -0.356 e. The van der Waals surface area contributed by atoms with E-state index in [0.29, 0.717) is 13.1 Å².